The number of thioether (sulfide) groups is 1. The number of hydrogen-bond donors (Lipinski definition) is 0. The van der Waals surface area contributed by atoms with Crippen LogP contribution in [0.15, 0.2) is 17.3 Å². The summed E-state index contributed by atoms with van der Waals surface area (Å²) in [5.41, 5.74) is 0. The number of aryl methyl sites for hydroxylation is 1. The van der Waals surface area contributed by atoms with Crippen LogP contribution in [0.2, 0.25) is 0 Å². The molecule has 0 spiro atoms. The van der Waals surface area contributed by atoms with Crippen molar-refractivity contribution in [2.24, 2.45) is 0 Å². The van der Waals surface area contributed by atoms with Gasteiger partial charge in [-0.25, -0.2) is 0 Å². The monoisotopic (exact) mass is 142 g/mol. The van der Waals surface area contributed by atoms with Crippen molar-refractivity contribution in [1.82, 2.24) is 9.78 Å². The lowest BCUT2D eigenvalue weighted by atomic mass is 10.7. The summed E-state index contributed by atoms with van der Waals surface area (Å²) in [5.74, 6) is 0. The Morgan fingerprint density at radius 3 is 2.89 bits per heavy atom. The predicted molar refractivity (Wildman–Crippen MR) is 39.7 cm³/mol. The van der Waals surface area contributed by atoms with Crippen molar-refractivity contribution in [2.75, 3.05) is 6.26 Å². The maximum Gasteiger partial charge on any atom is 0.0625 e. The highest BCUT2D eigenvalue weighted by Crippen LogP contribution is 2.11. The molecule has 1 heterocycles. The quantitative estimate of drug-likeness (QED) is 0.584. The molecule has 50 valence electrons. The zero-order valence-corrected chi connectivity index (χ0v) is 6.48. The fourth-order valence-corrected chi connectivity index (χ4v) is 1.00. The van der Waals surface area contributed by atoms with Crippen LogP contribution in [0.5, 0.6) is 0 Å². The van der Waals surface area contributed by atoms with Gasteiger partial charge in [-0.2, -0.15) is 5.10 Å². The van der Waals surface area contributed by atoms with E-state index in [-0.39, 0.29) is 0 Å². The molecule has 0 aromatic carbocycles. The van der Waals surface area contributed by atoms with E-state index in [2.05, 4.69) is 18.3 Å². The van der Waals surface area contributed by atoms with E-state index in [4.69, 9.17) is 0 Å². The summed E-state index contributed by atoms with van der Waals surface area (Å²) < 4.78 is 1.92. The Morgan fingerprint density at radius 2 is 2.56 bits per heavy atom. The van der Waals surface area contributed by atoms with Crippen molar-refractivity contribution in [1.29, 1.82) is 0 Å². The molecule has 0 fully saturated rings. The highest BCUT2D eigenvalue weighted by atomic mass is 32.2. The molecule has 0 unspecified atom stereocenters. The molecular weight excluding hydrogens is 132 g/mol. The lowest BCUT2D eigenvalue weighted by Crippen LogP contribution is -1.91. The third kappa shape index (κ3) is 1.48. The summed E-state index contributed by atoms with van der Waals surface area (Å²) >= 11 is 1.72. The summed E-state index contributed by atoms with van der Waals surface area (Å²) in [6.07, 6.45) is 5.98. The third-order valence-corrected chi connectivity index (χ3v) is 1.85. The Hall–Kier alpha value is -0.440. The second-order valence-corrected chi connectivity index (χ2v) is 2.62. The molecule has 0 bridgehead atoms. The van der Waals surface area contributed by atoms with Gasteiger partial charge in [-0.15, -0.1) is 11.8 Å². The van der Waals surface area contributed by atoms with E-state index in [1.165, 1.54) is 4.90 Å². The third-order valence-electron chi connectivity index (χ3n) is 1.17. The van der Waals surface area contributed by atoms with Gasteiger partial charge >= 0.3 is 0 Å². The average molecular weight is 142 g/mol. The van der Waals surface area contributed by atoms with E-state index in [1.54, 1.807) is 11.8 Å². The van der Waals surface area contributed by atoms with E-state index in [9.17, 15) is 0 Å². The molecular formula is C6H10N2S. The van der Waals surface area contributed by atoms with Crippen molar-refractivity contribution < 1.29 is 0 Å². The van der Waals surface area contributed by atoms with Crippen LogP contribution < -0.4 is 0 Å². The molecule has 0 aliphatic heterocycles. The highest BCUT2D eigenvalue weighted by molar-refractivity contribution is 7.98. The summed E-state index contributed by atoms with van der Waals surface area (Å²) in [6, 6.07) is 0. The maximum atomic E-state index is 4.10. The number of rotatable bonds is 2. The van der Waals surface area contributed by atoms with Gasteiger partial charge in [0.2, 0.25) is 0 Å². The van der Waals surface area contributed by atoms with Crippen LogP contribution in [-0.2, 0) is 6.54 Å². The second kappa shape index (κ2) is 2.92. The zero-order valence-electron chi connectivity index (χ0n) is 5.66. The molecule has 0 saturated carbocycles. The topological polar surface area (TPSA) is 17.8 Å². The summed E-state index contributed by atoms with van der Waals surface area (Å²) in [4.78, 5) is 1.23. The summed E-state index contributed by atoms with van der Waals surface area (Å²) in [5, 5.41) is 4.10. The van der Waals surface area contributed by atoms with Gasteiger partial charge in [0.15, 0.2) is 0 Å². The molecule has 0 atom stereocenters. The molecule has 0 aliphatic carbocycles. The molecule has 1 aromatic heterocycles. The van der Waals surface area contributed by atoms with E-state index in [1.807, 2.05) is 17.1 Å². The van der Waals surface area contributed by atoms with E-state index < -0.39 is 0 Å². The van der Waals surface area contributed by atoms with Gasteiger partial charge < -0.3 is 0 Å². The maximum absolute atomic E-state index is 4.10. The van der Waals surface area contributed by atoms with Gasteiger partial charge in [-0.3, -0.25) is 4.68 Å². The number of nitrogens with zero attached hydrogens (tertiary/aromatic N) is 2. The number of hydrogen-bond acceptors (Lipinski definition) is 2. The second-order valence-electron chi connectivity index (χ2n) is 1.74. The van der Waals surface area contributed by atoms with Crippen LogP contribution in [0.1, 0.15) is 6.92 Å². The first-order valence-electron chi connectivity index (χ1n) is 2.93. The van der Waals surface area contributed by atoms with Crippen LogP contribution in [0, 0.1) is 0 Å². The SMILES string of the molecule is CCn1cc(SC)cn1. The van der Waals surface area contributed by atoms with Gasteiger partial charge in [0.05, 0.1) is 6.20 Å². The Balaban J connectivity index is 2.74. The summed E-state index contributed by atoms with van der Waals surface area (Å²) in [6.45, 7) is 3.04. The molecule has 1 aromatic rings. The Labute approximate surface area is 59.3 Å². The van der Waals surface area contributed by atoms with Crippen LogP contribution in [0.3, 0.4) is 0 Å². The van der Waals surface area contributed by atoms with Gasteiger partial charge in [0.1, 0.15) is 0 Å². The first kappa shape index (κ1) is 6.68. The largest absolute Gasteiger partial charge is 0.272 e. The van der Waals surface area contributed by atoms with Crippen LogP contribution >= 0.6 is 11.8 Å². The average Bonchev–Trinajstić information content (AvgIpc) is 2.34. The minimum absolute atomic E-state index is 0.959. The van der Waals surface area contributed by atoms with Crippen molar-refractivity contribution in [3.8, 4) is 0 Å². The minimum atomic E-state index is 0.959. The van der Waals surface area contributed by atoms with Crippen molar-refractivity contribution >= 4 is 11.8 Å². The van der Waals surface area contributed by atoms with E-state index in [0.717, 1.165) is 6.54 Å². The fraction of sp³-hybridized carbons (Fsp3) is 0.500. The van der Waals surface area contributed by atoms with Crippen LogP contribution in [0.25, 0.3) is 0 Å². The predicted octanol–water partition coefficient (Wildman–Crippen LogP) is 1.62. The molecule has 0 radical (unpaired) electrons. The standard InChI is InChI=1S/C6H10N2S/c1-3-8-5-6(9-2)4-7-8/h4-5H,3H2,1-2H3. The molecule has 9 heavy (non-hydrogen) atoms. The van der Waals surface area contributed by atoms with Gasteiger partial charge in [-0.1, -0.05) is 0 Å². The minimum Gasteiger partial charge on any atom is -0.272 e. The van der Waals surface area contributed by atoms with Crippen LogP contribution in [-0.4, -0.2) is 16.0 Å². The van der Waals surface area contributed by atoms with Gasteiger partial charge in [-0.05, 0) is 13.2 Å². The summed E-state index contributed by atoms with van der Waals surface area (Å²) in [7, 11) is 0. The first-order chi connectivity index (χ1) is 4.36. The molecule has 0 N–H and O–H groups in total. The first-order valence-corrected chi connectivity index (χ1v) is 4.15. The Morgan fingerprint density at radius 1 is 1.78 bits per heavy atom. The van der Waals surface area contributed by atoms with E-state index in [0.29, 0.717) is 0 Å². The molecule has 1 rings (SSSR count). The lowest BCUT2D eigenvalue weighted by molar-refractivity contribution is 0.659. The van der Waals surface area contributed by atoms with E-state index >= 15 is 0 Å². The molecule has 2 nitrogen and oxygen atoms in total. The molecule has 0 saturated heterocycles. The van der Waals surface area contributed by atoms with Crippen LogP contribution in [0.4, 0.5) is 0 Å². The van der Waals surface area contributed by atoms with Crippen molar-refractivity contribution in [3.05, 3.63) is 12.4 Å². The fourth-order valence-electron chi connectivity index (χ4n) is 0.623. The Bertz CT molecular complexity index is 164. The van der Waals surface area contributed by atoms with Crippen molar-refractivity contribution in [3.63, 3.8) is 0 Å². The van der Waals surface area contributed by atoms with Gasteiger partial charge in [0, 0.05) is 17.6 Å². The molecule has 3 heteroatoms. The number of aromatic nitrogens is 2. The Kier molecular flexibility index (Phi) is 2.16. The highest BCUT2D eigenvalue weighted by Gasteiger charge is 1.91. The lowest BCUT2D eigenvalue weighted by Gasteiger charge is -1.89. The zero-order chi connectivity index (χ0) is 6.69. The van der Waals surface area contributed by atoms with Gasteiger partial charge in [0.25, 0.3) is 0 Å². The molecule has 0 aliphatic rings. The normalized spacial score (nSPS) is 10.0. The smallest absolute Gasteiger partial charge is 0.0625 e. The molecule has 0 amide bonds. The van der Waals surface area contributed by atoms with Crippen molar-refractivity contribution in [2.45, 2.75) is 18.4 Å².